The minimum Gasteiger partial charge on any atom is -0.504 e. The molecule has 2 aromatic carbocycles. The normalized spacial score (nSPS) is 11.0. The number of rotatable bonds is 6. The van der Waals surface area contributed by atoms with Crippen LogP contribution in [-0.2, 0) is 12.8 Å². The van der Waals surface area contributed by atoms with E-state index in [4.69, 9.17) is 0 Å². The molecule has 27 heavy (non-hydrogen) atoms. The highest BCUT2D eigenvalue weighted by Crippen LogP contribution is 2.24. The maximum absolute atomic E-state index is 12.1. The molecule has 0 saturated heterocycles. The standard InChI is InChI=1S/C18H17N5O3S/c1-23-11-20-22-18(23)27-10-12-2-5-14(6-3-12)17(26)21-19-9-13-4-7-15(24)16(25)8-13/h2-9,11,24-25H,10H2,1H3,(H,21,26). The quantitative estimate of drug-likeness (QED) is 0.261. The van der Waals surface area contributed by atoms with Crippen molar-refractivity contribution in [2.75, 3.05) is 0 Å². The fourth-order valence-corrected chi connectivity index (χ4v) is 3.00. The summed E-state index contributed by atoms with van der Waals surface area (Å²) in [7, 11) is 1.88. The van der Waals surface area contributed by atoms with Gasteiger partial charge in [0, 0.05) is 18.4 Å². The van der Waals surface area contributed by atoms with E-state index in [0.717, 1.165) is 16.5 Å². The molecule has 0 spiro atoms. The van der Waals surface area contributed by atoms with E-state index >= 15 is 0 Å². The Morgan fingerprint density at radius 2 is 2.00 bits per heavy atom. The lowest BCUT2D eigenvalue weighted by atomic mass is 10.1. The van der Waals surface area contributed by atoms with Gasteiger partial charge in [-0.1, -0.05) is 23.9 Å². The van der Waals surface area contributed by atoms with Gasteiger partial charge in [0.25, 0.3) is 5.91 Å². The van der Waals surface area contributed by atoms with Crippen LogP contribution < -0.4 is 5.43 Å². The zero-order valence-corrected chi connectivity index (χ0v) is 15.2. The summed E-state index contributed by atoms with van der Waals surface area (Å²) in [5.41, 5.74) is 4.50. The van der Waals surface area contributed by atoms with Crippen LogP contribution in [0.25, 0.3) is 0 Å². The Balaban J connectivity index is 1.54. The van der Waals surface area contributed by atoms with Gasteiger partial charge in [0.15, 0.2) is 16.7 Å². The topological polar surface area (TPSA) is 113 Å². The first kappa shape index (κ1) is 18.5. The molecule has 0 radical (unpaired) electrons. The molecule has 1 aromatic heterocycles. The lowest BCUT2D eigenvalue weighted by Crippen LogP contribution is -2.17. The molecular weight excluding hydrogens is 366 g/mol. The first-order valence-electron chi connectivity index (χ1n) is 7.94. The van der Waals surface area contributed by atoms with Crippen molar-refractivity contribution in [1.29, 1.82) is 0 Å². The second-order valence-electron chi connectivity index (χ2n) is 5.66. The minimum absolute atomic E-state index is 0.214. The van der Waals surface area contributed by atoms with Crippen molar-refractivity contribution < 1.29 is 15.0 Å². The number of nitrogens with one attached hydrogen (secondary N) is 1. The summed E-state index contributed by atoms with van der Waals surface area (Å²) in [6, 6.07) is 11.5. The van der Waals surface area contributed by atoms with Crippen molar-refractivity contribution in [3.63, 3.8) is 0 Å². The van der Waals surface area contributed by atoms with Crippen molar-refractivity contribution in [1.82, 2.24) is 20.2 Å². The van der Waals surface area contributed by atoms with Crippen LogP contribution in [-0.4, -0.2) is 37.1 Å². The van der Waals surface area contributed by atoms with Crippen LogP contribution in [0.3, 0.4) is 0 Å². The Morgan fingerprint density at radius 1 is 1.22 bits per heavy atom. The Kier molecular flexibility index (Phi) is 5.72. The summed E-state index contributed by atoms with van der Waals surface area (Å²) in [5.74, 6) is -0.0906. The lowest BCUT2D eigenvalue weighted by molar-refractivity contribution is 0.0955. The van der Waals surface area contributed by atoms with E-state index in [-0.39, 0.29) is 17.4 Å². The van der Waals surface area contributed by atoms with Crippen LogP contribution in [0.15, 0.2) is 59.0 Å². The number of hydrogen-bond acceptors (Lipinski definition) is 7. The number of thioether (sulfide) groups is 1. The zero-order chi connectivity index (χ0) is 19.2. The molecule has 1 amide bonds. The van der Waals surface area contributed by atoms with Crippen LogP contribution >= 0.6 is 11.8 Å². The Bertz CT molecular complexity index is 969. The third-order valence-electron chi connectivity index (χ3n) is 3.63. The van der Waals surface area contributed by atoms with Crippen LogP contribution in [0.5, 0.6) is 11.5 Å². The van der Waals surface area contributed by atoms with Gasteiger partial charge in [0.1, 0.15) is 6.33 Å². The highest BCUT2D eigenvalue weighted by atomic mass is 32.2. The minimum atomic E-state index is -0.346. The van der Waals surface area contributed by atoms with Crippen LogP contribution in [0.1, 0.15) is 21.5 Å². The molecule has 8 nitrogen and oxygen atoms in total. The number of carbonyl (C=O) groups excluding carboxylic acids is 1. The maximum atomic E-state index is 12.1. The molecule has 0 fully saturated rings. The molecule has 3 aromatic rings. The fourth-order valence-electron chi connectivity index (χ4n) is 2.15. The molecule has 0 saturated carbocycles. The van der Waals surface area contributed by atoms with E-state index < -0.39 is 0 Å². The second kappa shape index (κ2) is 8.37. The van der Waals surface area contributed by atoms with Gasteiger partial charge < -0.3 is 14.8 Å². The predicted molar refractivity (Wildman–Crippen MR) is 102 cm³/mol. The molecule has 1 heterocycles. The highest BCUT2D eigenvalue weighted by Gasteiger charge is 2.06. The molecule has 0 aliphatic heterocycles. The van der Waals surface area contributed by atoms with Crippen LogP contribution in [0, 0.1) is 0 Å². The second-order valence-corrected chi connectivity index (χ2v) is 6.60. The van der Waals surface area contributed by atoms with Gasteiger partial charge in [-0.3, -0.25) is 4.79 Å². The van der Waals surface area contributed by atoms with Crippen LogP contribution in [0.4, 0.5) is 0 Å². The summed E-state index contributed by atoms with van der Waals surface area (Å²) in [4.78, 5) is 12.1. The summed E-state index contributed by atoms with van der Waals surface area (Å²) in [6.07, 6.45) is 3.03. The number of nitrogens with zero attached hydrogens (tertiary/aromatic N) is 4. The predicted octanol–water partition coefficient (Wildman–Crippen LogP) is 2.28. The van der Waals surface area contributed by atoms with Crippen LogP contribution in [0.2, 0.25) is 0 Å². The summed E-state index contributed by atoms with van der Waals surface area (Å²) < 4.78 is 1.85. The molecule has 0 aliphatic rings. The molecule has 0 unspecified atom stereocenters. The highest BCUT2D eigenvalue weighted by molar-refractivity contribution is 7.98. The van der Waals surface area contributed by atoms with Crippen molar-refractivity contribution in [3.8, 4) is 11.5 Å². The third kappa shape index (κ3) is 4.85. The van der Waals surface area contributed by atoms with Gasteiger partial charge >= 0.3 is 0 Å². The summed E-state index contributed by atoms with van der Waals surface area (Å²) >= 11 is 1.56. The first-order chi connectivity index (χ1) is 13.0. The van der Waals surface area contributed by atoms with E-state index in [1.807, 2.05) is 23.7 Å². The van der Waals surface area contributed by atoms with Gasteiger partial charge in [0.05, 0.1) is 6.21 Å². The number of hydrazone groups is 1. The summed E-state index contributed by atoms with van der Waals surface area (Å²) in [5, 5.41) is 31.2. The average Bonchev–Trinajstić information content (AvgIpc) is 3.08. The largest absolute Gasteiger partial charge is 0.504 e. The van der Waals surface area contributed by atoms with Gasteiger partial charge in [-0.2, -0.15) is 5.10 Å². The molecule has 0 bridgehead atoms. The number of amides is 1. The number of aromatic nitrogens is 3. The Hall–Kier alpha value is -3.33. The third-order valence-corrected chi connectivity index (χ3v) is 4.74. The van der Waals surface area contributed by atoms with E-state index in [9.17, 15) is 15.0 Å². The number of carbonyl (C=O) groups is 1. The number of hydrogen-bond donors (Lipinski definition) is 3. The number of aryl methyl sites for hydroxylation is 1. The molecule has 0 atom stereocenters. The molecule has 3 rings (SSSR count). The van der Waals surface area contributed by atoms with Crippen molar-refractivity contribution in [2.45, 2.75) is 10.9 Å². The van der Waals surface area contributed by atoms with Crippen molar-refractivity contribution in [2.24, 2.45) is 12.1 Å². The Morgan fingerprint density at radius 3 is 2.67 bits per heavy atom. The van der Waals surface area contributed by atoms with E-state index in [1.54, 1.807) is 36.3 Å². The van der Waals surface area contributed by atoms with E-state index in [2.05, 4.69) is 20.7 Å². The molecule has 9 heteroatoms. The van der Waals surface area contributed by atoms with Crippen molar-refractivity contribution in [3.05, 3.63) is 65.5 Å². The average molecular weight is 383 g/mol. The molecular formula is C18H17N5O3S. The maximum Gasteiger partial charge on any atom is 0.271 e. The van der Waals surface area contributed by atoms with Gasteiger partial charge in [0.2, 0.25) is 0 Å². The zero-order valence-electron chi connectivity index (χ0n) is 14.4. The Labute approximate surface area is 159 Å². The first-order valence-corrected chi connectivity index (χ1v) is 8.92. The van der Waals surface area contributed by atoms with Gasteiger partial charge in [-0.25, -0.2) is 5.43 Å². The number of aromatic hydroxyl groups is 2. The summed E-state index contributed by atoms with van der Waals surface area (Å²) in [6.45, 7) is 0. The number of phenolic OH excluding ortho intramolecular Hbond substituents is 2. The SMILES string of the molecule is Cn1cnnc1SCc1ccc(C(=O)NN=Cc2ccc(O)c(O)c2)cc1. The molecule has 138 valence electrons. The van der Waals surface area contributed by atoms with E-state index in [1.165, 1.54) is 18.3 Å². The number of benzene rings is 2. The molecule has 0 aliphatic carbocycles. The smallest absolute Gasteiger partial charge is 0.271 e. The van der Waals surface area contributed by atoms with Crippen molar-refractivity contribution >= 4 is 23.9 Å². The van der Waals surface area contributed by atoms with E-state index in [0.29, 0.717) is 11.1 Å². The monoisotopic (exact) mass is 383 g/mol. The fraction of sp³-hybridized carbons (Fsp3) is 0.111. The molecule has 3 N–H and O–H groups in total. The van der Waals surface area contributed by atoms with Gasteiger partial charge in [-0.05, 0) is 41.5 Å². The lowest BCUT2D eigenvalue weighted by Gasteiger charge is -2.04. The number of phenols is 2. The van der Waals surface area contributed by atoms with Gasteiger partial charge in [-0.15, -0.1) is 10.2 Å².